The Balaban J connectivity index is 2.33. The van der Waals surface area contributed by atoms with E-state index in [0.29, 0.717) is 0 Å². The molecule has 0 atom stereocenters. The molecule has 15 heavy (non-hydrogen) atoms. The number of pyridine rings is 1. The summed E-state index contributed by atoms with van der Waals surface area (Å²) in [5.41, 5.74) is 0.955. The van der Waals surface area contributed by atoms with Gasteiger partial charge in [0.25, 0.3) is 0 Å². The van der Waals surface area contributed by atoms with Crippen molar-refractivity contribution in [1.29, 1.82) is 0 Å². The largest absolute Gasteiger partial charge is 0.264 e. The van der Waals surface area contributed by atoms with Gasteiger partial charge < -0.3 is 0 Å². The van der Waals surface area contributed by atoms with Crippen LogP contribution in [0.3, 0.4) is 0 Å². The number of nitrogens with zero attached hydrogens (tertiary/aromatic N) is 3. The highest BCUT2D eigenvalue weighted by Crippen LogP contribution is 2.18. The Morgan fingerprint density at radius 1 is 1.27 bits per heavy atom. The van der Waals surface area contributed by atoms with Crippen molar-refractivity contribution in [2.75, 3.05) is 5.75 Å². The van der Waals surface area contributed by atoms with Gasteiger partial charge in [-0.05, 0) is 24.0 Å². The lowest BCUT2D eigenvalue weighted by Crippen LogP contribution is -1.90. The average Bonchev–Trinajstić information content (AvgIpc) is 2.31. The molecule has 0 amide bonds. The highest BCUT2D eigenvalue weighted by atomic mass is 32.2. The first kappa shape index (κ1) is 10.1. The van der Waals surface area contributed by atoms with Gasteiger partial charge in [0.05, 0.1) is 0 Å². The summed E-state index contributed by atoms with van der Waals surface area (Å²) in [6.07, 6.45) is 5.30. The van der Waals surface area contributed by atoms with Crippen LogP contribution < -0.4 is 0 Å². The van der Waals surface area contributed by atoms with Gasteiger partial charge in [0, 0.05) is 24.2 Å². The minimum atomic E-state index is 0.738. The highest BCUT2D eigenvalue weighted by molar-refractivity contribution is 7.99. The molecule has 0 aliphatic rings. The second-order valence-corrected chi connectivity index (χ2v) is 4.18. The Hall–Kier alpha value is -1.42. The van der Waals surface area contributed by atoms with E-state index in [2.05, 4.69) is 21.9 Å². The lowest BCUT2D eigenvalue weighted by molar-refractivity contribution is 1.05. The molecule has 0 aromatic carbocycles. The molecule has 2 aromatic heterocycles. The third-order valence-corrected chi connectivity index (χ3v) is 2.65. The average molecular weight is 217 g/mol. The third-order valence-electron chi connectivity index (χ3n) is 1.84. The van der Waals surface area contributed by atoms with Gasteiger partial charge in [0.2, 0.25) is 0 Å². The van der Waals surface area contributed by atoms with Gasteiger partial charge in [0.15, 0.2) is 5.82 Å². The topological polar surface area (TPSA) is 38.7 Å². The fourth-order valence-corrected chi connectivity index (χ4v) is 1.81. The van der Waals surface area contributed by atoms with Gasteiger partial charge in [0.1, 0.15) is 5.03 Å². The highest BCUT2D eigenvalue weighted by Gasteiger charge is 2.01. The van der Waals surface area contributed by atoms with Gasteiger partial charge in [-0.15, -0.1) is 11.8 Å². The van der Waals surface area contributed by atoms with Crippen LogP contribution in [0.5, 0.6) is 0 Å². The second kappa shape index (κ2) is 4.89. The van der Waals surface area contributed by atoms with Crippen LogP contribution in [0.1, 0.15) is 6.92 Å². The summed E-state index contributed by atoms with van der Waals surface area (Å²) >= 11 is 1.71. The summed E-state index contributed by atoms with van der Waals surface area (Å²) in [6, 6.07) is 5.77. The molecule has 76 valence electrons. The Morgan fingerprint density at radius 3 is 2.93 bits per heavy atom. The fourth-order valence-electron chi connectivity index (χ4n) is 1.20. The molecule has 3 nitrogen and oxygen atoms in total. The zero-order valence-corrected chi connectivity index (χ0v) is 9.24. The van der Waals surface area contributed by atoms with Gasteiger partial charge in [-0.3, -0.25) is 4.98 Å². The second-order valence-electron chi connectivity index (χ2n) is 2.89. The number of aromatic nitrogens is 3. The van der Waals surface area contributed by atoms with Crippen LogP contribution in [0.15, 0.2) is 41.8 Å². The summed E-state index contributed by atoms with van der Waals surface area (Å²) in [5, 5.41) is 1.01. The predicted molar refractivity (Wildman–Crippen MR) is 61.7 cm³/mol. The third kappa shape index (κ3) is 2.53. The van der Waals surface area contributed by atoms with Crippen LogP contribution in [-0.4, -0.2) is 20.7 Å². The van der Waals surface area contributed by atoms with Crippen LogP contribution in [0.25, 0.3) is 11.4 Å². The quantitative estimate of drug-likeness (QED) is 0.585. The van der Waals surface area contributed by atoms with E-state index in [1.807, 2.05) is 18.2 Å². The van der Waals surface area contributed by atoms with E-state index in [4.69, 9.17) is 0 Å². The van der Waals surface area contributed by atoms with Crippen molar-refractivity contribution >= 4 is 11.8 Å². The molecule has 0 spiro atoms. The maximum atomic E-state index is 4.44. The first-order valence-electron chi connectivity index (χ1n) is 4.76. The van der Waals surface area contributed by atoms with E-state index in [9.17, 15) is 0 Å². The molecule has 4 heteroatoms. The first-order valence-corrected chi connectivity index (χ1v) is 5.75. The van der Waals surface area contributed by atoms with E-state index < -0.39 is 0 Å². The molecule has 0 aliphatic carbocycles. The van der Waals surface area contributed by atoms with E-state index in [1.54, 1.807) is 30.4 Å². The molecule has 0 unspecified atom stereocenters. The molecule has 0 saturated heterocycles. The molecule has 0 fully saturated rings. The molecular formula is C11H11N3S. The van der Waals surface area contributed by atoms with Crippen molar-refractivity contribution in [2.24, 2.45) is 0 Å². The van der Waals surface area contributed by atoms with Gasteiger partial charge in [-0.25, -0.2) is 9.97 Å². The normalized spacial score (nSPS) is 10.2. The fraction of sp³-hybridized carbons (Fsp3) is 0.182. The predicted octanol–water partition coefficient (Wildman–Crippen LogP) is 2.65. The van der Waals surface area contributed by atoms with Crippen molar-refractivity contribution in [1.82, 2.24) is 15.0 Å². The van der Waals surface area contributed by atoms with Crippen molar-refractivity contribution in [3.05, 3.63) is 36.8 Å². The summed E-state index contributed by atoms with van der Waals surface area (Å²) < 4.78 is 0. The maximum Gasteiger partial charge on any atom is 0.161 e. The molecule has 0 saturated carbocycles. The van der Waals surface area contributed by atoms with Gasteiger partial charge in [-0.2, -0.15) is 0 Å². The van der Waals surface area contributed by atoms with E-state index >= 15 is 0 Å². The number of thioether (sulfide) groups is 1. The van der Waals surface area contributed by atoms with E-state index in [0.717, 1.165) is 22.2 Å². The van der Waals surface area contributed by atoms with E-state index in [-0.39, 0.29) is 0 Å². The lowest BCUT2D eigenvalue weighted by atomic mass is 10.3. The number of hydrogen-bond donors (Lipinski definition) is 0. The molecule has 0 N–H and O–H groups in total. The number of hydrogen-bond acceptors (Lipinski definition) is 4. The zero-order valence-electron chi connectivity index (χ0n) is 8.42. The summed E-state index contributed by atoms with van der Waals surface area (Å²) in [4.78, 5) is 12.7. The smallest absolute Gasteiger partial charge is 0.161 e. The van der Waals surface area contributed by atoms with Crippen LogP contribution in [-0.2, 0) is 0 Å². The Bertz CT molecular complexity index is 431. The van der Waals surface area contributed by atoms with Gasteiger partial charge in [-0.1, -0.05) is 6.92 Å². The van der Waals surface area contributed by atoms with Crippen molar-refractivity contribution in [3.63, 3.8) is 0 Å². The molecule has 2 heterocycles. The summed E-state index contributed by atoms with van der Waals surface area (Å²) in [7, 11) is 0. The Kier molecular flexibility index (Phi) is 3.29. The maximum absolute atomic E-state index is 4.44. The lowest BCUT2D eigenvalue weighted by Gasteiger charge is -2.01. The molecule has 2 rings (SSSR count). The minimum absolute atomic E-state index is 0.738. The van der Waals surface area contributed by atoms with Gasteiger partial charge >= 0.3 is 0 Å². The van der Waals surface area contributed by atoms with Crippen LogP contribution in [0.4, 0.5) is 0 Å². The van der Waals surface area contributed by atoms with Crippen molar-refractivity contribution in [3.8, 4) is 11.4 Å². The molecule has 0 radical (unpaired) electrons. The van der Waals surface area contributed by atoms with Crippen molar-refractivity contribution < 1.29 is 0 Å². The SMILES string of the molecule is CCSc1ccnc(-c2cccnc2)n1. The summed E-state index contributed by atoms with van der Waals surface area (Å²) in [5.74, 6) is 1.75. The first-order chi connectivity index (χ1) is 7.40. The van der Waals surface area contributed by atoms with Crippen LogP contribution in [0, 0.1) is 0 Å². The molecule has 2 aromatic rings. The standard InChI is InChI=1S/C11H11N3S/c1-2-15-10-5-7-13-11(14-10)9-4-3-6-12-8-9/h3-8H,2H2,1H3. The number of rotatable bonds is 3. The van der Waals surface area contributed by atoms with Crippen LogP contribution in [0.2, 0.25) is 0 Å². The van der Waals surface area contributed by atoms with E-state index in [1.165, 1.54) is 0 Å². The summed E-state index contributed by atoms with van der Waals surface area (Å²) in [6.45, 7) is 2.11. The van der Waals surface area contributed by atoms with Crippen LogP contribution >= 0.6 is 11.8 Å². The Labute approximate surface area is 93.0 Å². The van der Waals surface area contributed by atoms with Crippen molar-refractivity contribution in [2.45, 2.75) is 11.9 Å². The monoisotopic (exact) mass is 217 g/mol. The minimum Gasteiger partial charge on any atom is -0.264 e. The molecule has 0 aliphatic heterocycles. The Morgan fingerprint density at radius 2 is 2.20 bits per heavy atom. The zero-order chi connectivity index (χ0) is 10.5. The molecular weight excluding hydrogens is 206 g/mol. The molecule has 0 bridgehead atoms.